The van der Waals surface area contributed by atoms with Crippen LogP contribution in [0.4, 0.5) is 0 Å². The Labute approximate surface area is 67.7 Å². The standard InChI is InChI=1S/C6H15N3S/c1-9(7)5-4-8-3-2-6-10/h7-8H,2-6H2,1H3/p+1. The SMILES string of the molecule is C[N+](=N)CCNCCCS. The van der Waals surface area contributed by atoms with E-state index in [0.29, 0.717) is 0 Å². The molecule has 0 aromatic rings. The summed E-state index contributed by atoms with van der Waals surface area (Å²) >= 11 is 4.08. The van der Waals surface area contributed by atoms with Gasteiger partial charge in [0.25, 0.3) is 0 Å². The minimum Gasteiger partial charge on any atom is -0.311 e. The van der Waals surface area contributed by atoms with E-state index in [2.05, 4.69) is 17.9 Å². The molecule has 0 aliphatic rings. The zero-order valence-corrected chi connectivity index (χ0v) is 7.32. The second-order valence-electron chi connectivity index (χ2n) is 2.25. The van der Waals surface area contributed by atoms with Crippen molar-refractivity contribution in [1.29, 1.82) is 5.53 Å². The van der Waals surface area contributed by atoms with Crippen LogP contribution < -0.4 is 5.32 Å². The number of nitrogens with one attached hydrogen (secondary N) is 2. The monoisotopic (exact) mass is 162 g/mol. The van der Waals surface area contributed by atoms with Crippen LogP contribution in [0.3, 0.4) is 0 Å². The minimum atomic E-state index is 0.784. The average molecular weight is 162 g/mol. The number of likely N-dealkylation sites (N-methyl/N-ethyl adjacent to an activating group) is 1. The van der Waals surface area contributed by atoms with Gasteiger partial charge >= 0.3 is 0 Å². The second-order valence-corrected chi connectivity index (χ2v) is 2.70. The van der Waals surface area contributed by atoms with Crippen molar-refractivity contribution in [2.45, 2.75) is 6.42 Å². The number of hydrogen-bond acceptors (Lipinski definition) is 3. The summed E-state index contributed by atoms with van der Waals surface area (Å²) in [5.74, 6) is 0.934. The molecule has 0 aliphatic carbocycles. The van der Waals surface area contributed by atoms with Gasteiger partial charge in [0, 0.05) is 0 Å². The molecule has 0 amide bonds. The largest absolute Gasteiger partial charge is 0.311 e. The molecule has 0 heterocycles. The molecule has 60 valence electrons. The maximum Gasteiger partial charge on any atom is 0.180 e. The van der Waals surface area contributed by atoms with Crippen LogP contribution in [-0.4, -0.2) is 37.1 Å². The zero-order valence-electron chi connectivity index (χ0n) is 6.43. The van der Waals surface area contributed by atoms with Crippen LogP contribution in [0.25, 0.3) is 0 Å². The highest BCUT2D eigenvalue weighted by Crippen LogP contribution is 1.79. The Morgan fingerprint density at radius 1 is 1.50 bits per heavy atom. The number of nitrogens with zero attached hydrogens (tertiary/aromatic N) is 1. The van der Waals surface area contributed by atoms with E-state index in [1.54, 1.807) is 7.05 Å². The van der Waals surface area contributed by atoms with E-state index in [0.717, 1.165) is 31.8 Å². The highest BCUT2D eigenvalue weighted by atomic mass is 32.1. The highest BCUT2D eigenvalue weighted by Gasteiger charge is 1.92. The molecule has 0 rings (SSSR count). The van der Waals surface area contributed by atoms with E-state index in [4.69, 9.17) is 5.53 Å². The fourth-order valence-electron chi connectivity index (χ4n) is 0.576. The fraction of sp³-hybridized carbons (Fsp3) is 1.00. The van der Waals surface area contributed by atoms with Crippen LogP contribution in [-0.2, 0) is 0 Å². The van der Waals surface area contributed by atoms with Crippen molar-refractivity contribution in [3.05, 3.63) is 0 Å². The molecule has 10 heavy (non-hydrogen) atoms. The lowest BCUT2D eigenvalue weighted by Crippen LogP contribution is -2.23. The summed E-state index contributed by atoms with van der Waals surface area (Å²) in [6, 6.07) is 0. The van der Waals surface area contributed by atoms with Crippen LogP contribution in [0, 0.1) is 5.53 Å². The number of hydrogen-bond donors (Lipinski definition) is 3. The summed E-state index contributed by atoms with van der Waals surface area (Å²) in [4.78, 5) is 0. The van der Waals surface area contributed by atoms with E-state index in [9.17, 15) is 0 Å². The van der Waals surface area contributed by atoms with Gasteiger partial charge in [-0.3, -0.25) is 0 Å². The molecule has 0 aromatic heterocycles. The van der Waals surface area contributed by atoms with Crippen molar-refractivity contribution < 1.29 is 4.70 Å². The predicted molar refractivity (Wildman–Crippen MR) is 45.1 cm³/mol. The smallest absolute Gasteiger partial charge is 0.180 e. The van der Waals surface area contributed by atoms with E-state index in [1.807, 2.05) is 0 Å². The summed E-state index contributed by atoms with van der Waals surface area (Å²) in [6.45, 7) is 2.69. The first kappa shape index (κ1) is 9.91. The van der Waals surface area contributed by atoms with Gasteiger partial charge in [0.1, 0.15) is 0 Å². The molecule has 0 fully saturated rings. The molecule has 0 aliphatic heterocycles. The number of rotatable bonds is 6. The van der Waals surface area contributed by atoms with E-state index in [-0.39, 0.29) is 0 Å². The van der Waals surface area contributed by atoms with Gasteiger partial charge in [-0.2, -0.15) is 12.6 Å². The lowest BCUT2D eigenvalue weighted by Gasteiger charge is -1.98. The van der Waals surface area contributed by atoms with Crippen molar-refractivity contribution in [3.63, 3.8) is 0 Å². The topological polar surface area (TPSA) is 38.9 Å². The van der Waals surface area contributed by atoms with Gasteiger partial charge in [-0.15, -0.1) is 4.70 Å². The van der Waals surface area contributed by atoms with E-state index < -0.39 is 0 Å². The van der Waals surface area contributed by atoms with Crippen LogP contribution in [0.2, 0.25) is 0 Å². The van der Waals surface area contributed by atoms with Gasteiger partial charge in [-0.1, -0.05) is 5.53 Å². The van der Waals surface area contributed by atoms with Crippen molar-refractivity contribution >= 4 is 12.6 Å². The van der Waals surface area contributed by atoms with Crippen LogP contribution in [0.1, 0.15) is 6.42 Å². The zero-order chi connectivity index (χ0) is 7.82. The molecule has 0 aromatic carbocycles. The molecule has 2 N–H and O–H groups in total. The minimum absolute atomic E-state index is 0.784. The molecule has 0 saturated carbocycles. The third-order valence-electron chi connectivity index (χ3n) is 1.14. The normalized spacial score (nSPS) is 9.80. The molecular formula is C6H16N3S+. The lowest BCUT2D eigenvalue weighted by atomic mass is 10.4. The number of thiol groups is 1. The quantitative estimate of drug-likeness (QED) is 0.227. The Bertz CT molecular complexity index is 95.0. The van der Waals surface area contributed by atoms with Crippen molar-refractivity contribution in [2.24, 2.45) is 0 Å². The highest BCUT2D eigenvalue weighted by molar-refractivity contribution is 7.80. The Kier molecular flexibility index (Phi) is 6.96. The third kappa shape index (κ3) is 7.91. The fourth-order valence-corrected chi connectivity index (χ4v) is 0.734. The molecule has 4 heteroatoms. The summed E-state index contributed by atoms with van der Waals surface area (Å²) in [7, 11) is 1.75. The van der Waals surface area contributed by atoms with Gasteiger partial charge in [0.2, 0.25) is 0 Å². The van der Waals surface area contributed by atoms with Crippen LogP contribution >= 0.6 is 12.6 Å². The summed E-state index contributed by atoms with van der Waals surface area (Å²) in [5, 5.41) is 3.21. The Balaban J connectivity index is 2.84. The van der Waals surface area contributed by atoms with E-state index in [1.165, 1.54) is 4.70 Å². The molecule has 0 saturated heterocycles. The van der Waals surface area contributed by atoms with Gasteiger partial charge < -0.3 is 5.32 Å². The molecule has 0 spiro atoms. The van der Waals surface area contributed by atoms with Crippen molar-refractivity contribution in [1.82, 2.24) is 5.32 Å². The van der Waals surface area contributed by atoms with Crippen LogP contribution in [0.5, 0.6) is 0 Å². The third-order valence-corrected chi connectivity index (χ3v) is 1.45. The average Bonchev–Trinajstić information content (AvgIpc) is 1.87. The maximum absolute atomic E-state index is 7.04. The molecule has 0 unspecified atom stereocenters. The first-order valence-corrected chi connectivity index (χ1v) is 4.14. The first-order chi connectivity index (χ1) is 4.77. The molecular weight excluding hydrogens is 146 g/mol. The van der Waals surface area contributed by atoms with Crippen LogP contribution in [0.15, 0.2) is 0 Å². The van der Waals surface area contributed by atoms with E-state index >= 15 is 0 Å². The van der Waals surface area contributed by atoms with Crippen molar-refractivity contribution in [2.75, 3.05) is 32.4 Å². The second kappa shape index (κ2) is 7.02. The van der Waals surface area contributed by atoms with Crippen molar-refractivity contribution in [3.8, 4) is 0 Å². The van der Waals surface area contributed by atoms with Gasteiger partial charge in [-0.25, -0.2) is 0 Å². The van der Waals surface area contributed by atoms with Gasteiger partial charge in [0.15, 0.2) is 13.6 Å². The summed E-state index contributed by atoms with van der Waals surface area (Å²) < 4.78 is 1.42. The lowest BCUT2D eigenvalue weighted by molar-refractivity contribution is -0.586. The Hall–Kier alpha value is -0.0900. The predicted octanol–water partition coefficient (Wildman–Crippen LogP) is 0.569. The Morgan fingerprint density at radius 3 is 2.70 bits per heavy atom. The first-order valence-electron chi connectivity index (χ1n) is 3.51. The molecule has 0 bridgehead atoms. The summed E-state index contributed by atoms with van der Waals surface area (Å²) in [5.41, 5.74) is 7.04. The molecule has 0 radical (unpaired) electrons. The molecule has 0 atom stereocenters. The molecule has 3 nitrogen and oxygen atoms in total. The van der Waals surface area contributed by atoms with Gasteiger partial charge in [0.05, 0.1) is 6.54 Å². The Morgan fingerprint density at radius 2 is 2.20 bits per heavy atom. The summed E-state index contributed by atoms with van der Waals surface area (Å²) in [6.07, 6.45) is 1.10. The maximum atomic E-state index is 7.04. The van der Waals surface area contributed by atoms with Gasteiger partial charge in [-0.05, 0) is 18.7 Å².